The Labute approximate surface area is 59.3 Å². The molecule has 0 saturated heterocycles. The zero-order valence-electron chi connectivity index (χ0n) is 7.28. The van der Waals surface area contributed by atoms with Crippen molar-refractivity contribution in [3.8, 4) is 0 Å². The highest BCUT2D eigenvalue weighted by atomic mass is 15.3. The lowest BCUT2D eigenvalue weighted by molar-refractivity contribution is -0.890. The van der Waals surface area contributed by atoms with E-state index in [0.717, 1.165) is 0 Å². The average molecular weight is 130 g/mol. The van der Waals surface area contributed by atoms with Gasteiger partial charge in [0.25, 0.3) is 0 Å². The van der Waals surface area contributed by atoms with Crippen LogP contribution in [-0.4, -0.2) is 31.7 Å². The van der Waals surface area contributed by atoms with Gasteiger partial charge in [-0.3, -0.25) is 0 Å². The molecule has 1 heteroatoms. The van der Waals surface area contributed by atoms with Gasteiger partial charge in [-0.2, -0.15) is 0 Å². The molecule has 56 valence electrons. The van der Waals surface area contributed by atoms with Crippen LogP contribution in [0.3, 0.4) is 0 Å². The Bertz CT molecular complexity index is 59.0. The Morgan fingerprint density at radius 2 is 1.22 bits per heavy atom. The molecule has 0 fully saturated rings. The first kappa shape index (κ1) is 8.96. The average Bonchev–Trinajstić information content (AvgIpc) is 1.64. The van der Waals surface area contributed by atoms with Crippen LogP contribution in [0.4, 0.5) is 0 Å². The number of hydrogen-bond acceptors (Lipinski definition) is 0. The molecule has 9 heavy (non-hydrogen) atoms. The summed E-state index contributed by atoms with van der Waals surface area (Å²) in [5.41, 5.74) is 0. The van der Waals surface area contributed by atoms with Crippen molar-refractivity contribution >= 4 is 0 Å². The molecule has 0 atom stereocenters. The first-order valence-corrected chi connectivity index (χ1v) is 3.94. The first-order chi connectivity index (χ1) is 4.12. The Kier molecular flexibility index (Phi) is 3.87. The Morgan fingerprint density at radius 1 is 0.889 bits per heavy atom. The van der Waals surface area contributed by atoms with Crippen LogP contribution in [0.2, 0.25) is 0 Å². The van der Waals surface area contributed by atoms with Crippen molar-refractivity contribution < 1.29 is 4.48 Å². The minimum atomic E-state index is 1.19. The summed E-state index contributed by atoms with van der Waals surface area (Å²) in [7, 11) is 4.60. The van der Waals surface area contributed by atoms with Gasteiger partial charge in [0.05, 0.1) is 27.2 Å². The van der Waals surface area contributed by atoms with Gasteiger partial charge >= 0.3 is 0 Å². The van der Waals surface area contributed by atoms with E-state index in [1.54, 1.807) is 0 Å². The van der Waals surface area contributed by atoms with Gasteiger partial charge in [0.2, 0.25) is 0 Å². The van der Waals surface area contributed by atoms with Crippen molar-refractivity contribution in [1.29, 1.82) is 0 Å². The molecule has 0 amide bonds. The minimum Gasteiger partial charge on any atom is -0.328 e. The van der Waals surface area contributed by atoms with E-state index < -0.39 is 0 Å². The van der Waals surface area contributed by atoms with Crippen LogP contribution in [-0.2, 0) is 0 Å². The lowest BCUT2D eigenvalue weighted by atomic mass is 10.3. The van der Waals surface area contributed by atoms with Gasteiger partial charge in [0.1, 0.15) is 0 Å². The normalized spacial score (nSPS) is 12.0. The minimum absolute atomic E-state index is 1.19. The van der Waals surface area contributed by atoms with Gasteiger partial charge < -0.3 is 4.48 Å². The van der Waals surface area contributed by atoms with E-state index in [2.05, 4.69) is 27.9 Å². The number of quaternary nitrogens is 1. The molecule has 0 spiro atoms. The van der Waals surface area contributed by atoms with E-state index in [1.165, 1.54) is 30.4 Å². The van der Waals surface area contributed by atoms with E-state index in [0.29, 0.717) is 0 Å². The van der Waals surface area contributed by atoms with E-state index >= 15 is 0 Å². The molecule has 0 bridgehead atoms. The van der Waals surface area contributed by atoms with E-state index in [-0.39, 0.29) is 0 Å². The molecule has 0 aromatic carbocycles. The van der Waals surface area contributed by atoms with Crippen molar-refractivity contribution in [2.45, 2.75) is 26.7 Å². The fourth-order valence-electron chi connectivity index (χ4n) is 1.32. The third-order valence-electron chi connectivity index (χ3n) is 1.66. The molecule has 0 N–H and O–H groups in total. The highest BCUT2D eigenvalue weighted by Crippen LogP contribution is 1.99. The summed E-state index contributed by atoms with van der Waals surface area (Å²) in [4.78, 5) is 0. The molecule has 0 aromatic heterocycles. The number of rotatable bonds is 4. The summed E-state index contributed by atoms with van der Waals surface area (Å²) >= 11 is 0. The second-order valence-electron chi connectivity index (χ2n) is 3.38. The zero-order valence-corrected chi connectivity index (χ0v) is 7.28. The summed E-state index contributed by atoms with van der Waals surface area (Å²) in [5, 5.41) is 0. The maximum atomic E-state index is 2.30. The SMILES string of the molecule is CCC[N+](C)(C)CCC. The van der Waals surface area contributed by atoms with Crippen molar-refractivity contribution in [3.05, 3.63) is 0 Å². The molecule has 0 rings (SSSR count). The highest BCUT2D eigenvalue weighted by Gasteiger charge is 2.09. The molecule has 1 nitrogen and oxygen atoms in total. The van der Waals surface area contributed by atoms with Crippen LogP contribution in [0.1, 0.15) is 26.7 Å². The molecule has 0 heterocycles. The molecule has 0 aromatic rings. The predicted octanol–water partition coefficient (Wildman–Crippen LogP) is 1.88. The van der Waals surface area contributed by atoms with Crippen LogP contribution in [0, 0.1) is 0 Å². The Morgan fingerprint density at radius 3 is 1.44 bits per heavy atom. The molecular formula is C8H20N+. The topological polar surface area (TPSA) is 0 Å². The standard InChI is InChI=1S/C8H20N/c1-5-7-9(3,4)8-6-2/h5-8H2,1-4H3/q+1. The summed E-state index contributed by atoms with van der Waals surface area (Å²) in [6, 6.07) is 0. The third kappa shape index (κ3) is 4.46. The third-order valence-corrected chi connectivity index (χ3v) is 1.66. The van der Waals surface area contributed by atoms with Gasteiger partial charge in [0.15, 0.2) is 0 Å². The Balaban J connectivity index is 3.43. The lowest BCUT2D eigenvalue weighted by Gasteiger charge is -2.28. The van der Waals surface area contributed by atoms with Crippen LogP contribution in [0.5, 0.6) is 0 Å². The van der Waals surface area contributed by atoms with E-state index in [9.17, 15) is 0 Å². The smallest absolute Gasteiger partial charge is 0.0779 e. The van der Waals surface area contributed by atoms with Gasteiger partial charge in [-0.15, -0.1) is 0 Å². The zero-order chi connectivity index (χ0) is 7.33. The van der Waals surface area contributed by atoms with Crippen molar-refractivity contribution in [3.63, 3.8) is 0 Å². The van der Waals surface area contributed by atoms with Crippen LogP contribution in [0.15, 0.2) is 0 Å². The quantitative estimate of drug-likeness (QED) is 0.510. The molecule has 0 aliphatic carbocycles. The maximum Gasteiger partial charge on any atom is 0.0779 e. The summed E-state index contributed by atoms with van der Waals surface area (Å²) in [6.07, 6.45) is 2.60. The highest BCUT2D eigenvalue weighted by molar-refractivity contribution is 4.30. The van der Waals surface area contributed by atoms with Crippen molar-refractivity contribution in [1.82, 2.24) is 0 Å². The second-order valence-corrected chi connectivity index (χ2v) is 3.38. The number of nitrogens with zero attached hydrogens (tertiary/aromatic N) is 1. The van der Waals surface area contributed by atoms with Crippen molar-refractivity contribution in [2.75, 3.05) is 27.2 Å². The molecule has 0 saturated carbocycles. The van der Waals surface area contributed by atoms with Gasteiger partial charge in [0, 0.05) is 0 Å². The van der Waals surface area contributed by atoms with E-state index in [4.69, 9.17) is 0 Å². The van der Waals surface area contributed by atoms with E-state index in [1.807, 2.05) is 0 Å². The fraction of sp³-hybridized carbons (Fsp3) is 1.00. The van der Waals surface area contributed by atoms with Crippen LogP contribution < -0.4 is 0 Å². The molecule has 0 aliphatic rings. The predicted molar refractivity (Wildman–Crippen MR) is 42.4 cm³/mol. The Hall–Kier alpha value is -0.0400. The largest absolute Gasteiger partial charge is 0.328 e. The number of hydrogen-bond donors (Lipinski definition) is 0. The monoisotopic (exact) mass is 130 g/mol. The first-order valence-electron chi connectivity index (χ1n) is 3.94. The maximum absolute atomic E-state index is 2.30. The summed E-state index contributed by atoms with van der Waals surface area (Å²) in [6.45, 7) is 7.12. The summed E-state index contributed by atoms with van der Waals surface area (Å²) < 4.78 is 1.19. The van der Waals surface area contributed by atoms with Crippen LogP contribution >= 0.6 is 0 Å². The van der Waals surface area contributed by atoms with Gasteiger partial charge in [-0.25, -0.2) is 0 Å². The molecule has 0 aliphatic heterocycles. The lowest BCUT2D eigenvalue weighted by Crippen LogP contribution is -2.40. The molecule has 0 unspecified atom stereocenters. The van der Waals surface area contributed by atoms with Gasteiger partial charge in [-0.1, -0.05) is 13.8 Å². The second kappa shape index (κ2) is 3.89. The van der Waals surface area contributed by atoms with Crippen LogP contribution in [0.25, 0.3) is 0 Å². The van der Waals surface area contributed by atoms with Crippen molar-refractivity contribution in [2.24, 2.45) is 0 Å². The molecular weight excluding hydrogens is 110 g/mol. The fourth-order valence-corrected chi connectivity index (χ4v) is 1.32. The molecule has 0 radical (unpaired) electrons. The summed E-state index contributed by atoms with van der Waals surface area (Å²) in [5.74, 6) is 0. The van der Waals surface area contributed by atoms with Gasteiger partial charge in [-0.05, 0) is 12.8 Å².